The molecule has 0 saturated carbocycles. The Morgan fingerprint density at radius 1 is 1.57 bits per heavy atom. The van der Waals surface area contributed by atoms with E-state index in [1.54, 1.807) is 0 Å². The molecule has 1 aliphatic heterocycles. The molecule has 0 aromatic rings. The van der Waals surface area contributed by atoms with Crippen molar-refractivity contribution < 1.29 is 4.79 Å². The summed E-state index contributed by atoms with van der Waals surface area (Å²) in [5, 5.41) is 3.36. The van der Waals surface area contributed by atoms with E-state index in [0.717, 1.165) is 25.8 Å². The molecule has 0 bridgehead atoms. The fourth-order valence-electron chi connectivity index (χ4n) is 2.01. The molecule has 0 aromatic carbocycles. The van der Waals surface area contributed by atoms with Crippen molar-refractivity contribution in [1.82, 2.24) is 10.2 Å². The summed E-state index contributed by atoms with van der Waals surface area (Å²) in [7, 11) is 1.89. The lowest BCUT2D eigenvalue weighted by Crippen LogP contribution is -2.55. The number of likely N-dealkylation sites (N-methyl/N-ethyl adjacent to an activating group) is 1. The maximum atomic E-state index is 12.2. The summed E-state index contributed by atoms with van der Waals surface area (Å²) in [6.45, 7) is 7.17. The Bertz CT molecular complexity index is 207. The summed E-state index contributed by atoms with van der Waals surface area (Å²) in [4.78, 5) is 14.1. The van der Waals surface area contributed by atoms with Gasteiger partial charge in [0.2, 0.25) is 5.91 Å². The Hall–Kier alpha value is -0.570. The van der Waals surface area contributed by atoms with E-state index in [2.05, 4.69) is 26.1 Å². The van der Waals surface area contributed by atoms with E-state index >= 15 is 0 Å². The zero-order chi connectivity index (χ0) is 10.8. The average Bonchev–Trinajstić information content (AvgIpc) is 2.64. The molecule has 1 heterocycles. The zero-order valence-corrected chi connectivity index (χ0v) is 9.76. The van der Waals surface area contributed by atoms with Gasteiger partial charge in [0.25, 0.3) is 0 Å². The second-order valence-corrected chi connectivity index (χ2v) is 4.48. The number of hydrogen-bond donors (Lipinski definition) is 1. The van der Waals surface area contributed by atoms with Gasteiger partial charge in [0.1, 0.15) is 0 Å². The molecule has 0 radical (unpaired) electrons. The van der Waals surface area contributed by atoms with Crippen LogP contribution in [0.15, 0.2) is 0 Å². The third-order valence-corrected chi connectivity index (χ3v) is 3.35. The number of hydrogen-bond acceptors (Lipinski definition) is 2. The predicted molar refractivity (Wildman–Crippen MR) is 58.2 cm³/mol. The molecule has 3 heteroatoms. The van der Waals surface area contributed by atoms with Crippen molar-refractivity contribution in [2.75, 3.05) is 13.6 Å². The average molecular weight is 198 g/mol. The van der Waals surface area contributed by atoms with Gasteiger partial charge in [-0.05, 0) is 39.7 Å². The third kappa shape index (κ3) is 1.92. The number of carbonyl (C=O) groups excluding carboxylic acids is 1. The molecule has 1 fully saturated rings. The normalized spacial score (nSPS) is 26.9. The van der Waals surface area contributed by atoms with Crippen LogP contribution in [0.2, 0.25) is 0 Å². The zero-order valence-electron chi connectivity index (χ0n) is 9.76. The standard InChI is InChI=1S/C11H22N2O/c1-5-11(7-6-8-12-11)10(14)13(4)9(2)3/h9,12H,5-8H2,1-4H3. The van der Waals surface area contributed by atoms with Gasteiger partial charge in [-0.3, -0.25) is 4.79 Å². The van der Waals surface area contributed by atoms with Gasteiger partial charge in [0.05, 0.1) is 5.54 Å². The maximum absolute atomic E-state index is 12.2. The number of nitrogens with zero attached hydrogens (tertiary/aromatic N) is 1. The molecule has 0 aromatic heterocycles. The van der Waals surface area contributed by atoms with Crippen LogP contribution in [-0.2, 0) is 4.79 Å². The predicted octanol–water partition coefficient (Wildman–Crippen LogP) is 1.39. The largest absolute Gasteiger partial charge is 0.342 e. The van der Waals surface area contributed by atoms with Crippen molar-refractivity contribution in [3.05, 3.63) is 0 Å². The molecule has 3 nitrogen and oxygen atoms in total. The minimum atomic E-state index is -0.265. The number of rotatable bonds is 3. The molecular weight excluding hydrogens is 176 g/mol. The fourth-order valence-corrected chi connectivity index (χ4v) is 2.01. The Labute approximate surface area is 86.9 Å². The highest BCUT2D eigenvalue weighted by Crippen LogP contribution is 2.25. The Morgan fingerprint density at radius 3 is 2.57 bits per heavy atom. The maximum Gasteiger partial charge on any atom is 0.242 e. The highest BCUT2D eigenvalue weighted by atomic mass is 16.2. The van der Waals surface area contributed by atoms with Crippen LogP contribution in [0.25, 0.3) is 0 Å². The first-order valence-corrected chi connectivity index (χ1v) is 5.56. The molecule has 82 valence electrons. The molecule has 1 aliphatic rings. The molecule has 1 N–H and O–H groups in total. The Balaban J connectivity index is 2.74. The first kappa shape index (κ1) is 11.5. The first-order chi connectivity index (χ1) is 6.53. The second kappa shape index (κ2) is 4.30. The molecule has 1 unspecified atom stereocenters. The van der Waals surface area contributed by atoms with Gasteiger partial charge in [-0.2, -0.15) is 0 Å². The molecule has 0 spiro atoms. The monoisotopic (exact) mass is 198 g/mol. The van der Waals surface area contributed by atoms with E-state index in [1.807, 2.05) is 11.9 Å². The van der Waals surface area contributed by atoms with Crippen LogP contribution in [0, 0.1) is 0 Å². The Kier molecular flexibility index (Phi) is 3.53. The summed E-state index contributed by atoms with van der Waals surface area (Å²) in [6.07, 6.45) is 2.99. The van der Waals surface area contributed by atoms with Crippen molar-refractivity contribution in [2.24, 2.45) is 0 Å². The first-order valence-electron chi connectivity index (χ1n) is 5.56. The molecular formula is C11H22N2O. The number of amides is 1. The quantitative estimate of drug-likeness (QED) is 0.743. The van der Waals surface area contributed by atoms with E-state index in [0.29, 0.717) is 0 Å². The lowest BCUT2D eigenvalue weighted by molar-refractivity contribution is -0.138. The van der Waals surface area contributed by atoms with Gasteiger partial charge in [-0.25, -0.2) is 0 Å². The van der Waals surface area contributed by atoms with Crippen LogP contribution in [-0.4, -0.2) is 36.0 Å². The van der Waals surface area contributed by atoms with Crippen molar-refractivity contribution in [1.29, 1.82) is 0 Å². The van der Waals surface area contributed by atoms with Crippen molar-refractivity contribution in [3.8, 4) is 0 Å². The molecule has 0 aliphatic carbocycles. The minimum absolute atomic E-state index is 0.257. The molecule has 1 atom stereocenters. The van der Waals surface area contributed by atoms with E-state index in [4.69, 9.17) is 0 Å². The van der Waals surface area contributed by atoms with Crippen LogP contribution in [0.1, 0.15) is 40.0 Å². The van der Waals surface area contributed by atoms with Gasteiger partial charge in [0.15, 0.2) is 0 Å². The Morgan fingerprint density at radius 2 is 2.21 bits per heavy atom. The van der Waals surface area contributed by atoms with E-state index in [1.165, 1.54) is 0 Å². The SMILES string of the molecule is CCC1(C(=O)N(C)C(C)C)CCCN1. The van der Waals surface area contributed by atoms with Crippen molar-refractivity contribution in [3.63, 3.8) is 0 Å². The molecule has 1 amide bonds. The van der Waals surface area contributed by atoms with Gasteiger partial charge >= 0.3 is 0 Å². The highest BCUT2D eigenvalue weighted by Gasteiger charge is 2.41. The van der Waals surface area contributed by atoms with Crippen molar-refractivity contribution in [2.45, 2.75) is 51.6 Å². The molecule has 1 saturated heterocycles. The number of carbonyl (C=O) groups is 1. The van der Waals surface area contributed by atoms with Gasteiger partial charge in [-0.1, -0.05) is 6.92 Å². The van der Waals surface area contributed by atoms with Gasteiger partial charge < -0.3 is 10.2 Å². The van der Waals surface area contributed by atoms with Crippen LogP contribution >= 0.6 is 0 Å². The van der Waals surface area contributed by atoms with E-state index in [9.17, 15) is 4.79 Å². The van der Waals surface area contributed by atoms with Gasteiger partial charge in [-0.15, -0.1) is 0 Å². The summed E-state index contributed by atoms with van der Waals surface area (Å²) in [6, 6.07) is 0.285. The summed E-state index contributed by atoms with van der Waals surface area (Å²) >= 11 is 0. The van der Waals surface area contributed by atoms with Crippen molar-refractivity contribution >= 4 is 5.91 Å². The van der Waals surface area contributed by atoms with Crippen LogP contribution in [0.5, 0.6) is 0 Å². The van der Waals surface area contributed by atoms with Gasteiger partial charge in [0, 0.05) is 13.1 Å². The topological polar surface area (TPSA) is 32.3 Å². The van der Waals surface area contributed by atoms with Crippen LogP contribution < -0.4 is 5.32 Å². The molecule has 14 heavy (non-hydrogen) atoms. The molecule has 1 rings (SSSR count). The summed E-state index contributed by atoms with van der Waals surface area (Å²) < 4.78 is 0. The fraction of sp³-hybridized carbons (Fsp3) is 0.909. The summed E-state index contributed by atoms with van der Waals surface area (Å²) in [5.74, 6) is 0.257. The third-order valence-electron chi connectivity index (χ3n) is 3.35. The van der Waals surface area contributed by atoms with E-state index < -0.39 is 0 Å². The summed E-state index contributed by atoms with van der Waals surface area (Å²) in [5.41, 5.74) is -0.265. The number of nitrogens with one attached hydrogen (secondary N) is 1. The smallest absolute Gasteiger partial charge is 0.242 e. The van der Waals surface area contributed by atoms with Crippen LogP contribution in [0.4, 0.5) is 0 Å². The minimum Gasteiger partial charge on any atom is -0.342 e. The van der Waals surface area contributed by atoms with Crippen LogP contribution in [0.3, 0.4) is 0 Å². The second-order valence-electron chi connectivity index (χ2n) is 4.48. The van der Waals surface area contributed by atoms with E-state index in [-0.39, 0.29) is 17.5 Å². The lowest BCUT2D eigenvalue weighted by Gasteiger charge is -2.33. The highest BCUT2D eigenvalue weighted by molar-refractivity contribution is 5.86. The lowest BCUT2D eigenvalue weighted by atomic mass is 9.92.